The second kappa shape index (κ2) is 7.74. The van der Waals surface area contributed by atoms with E-state index in [0.717, 1.165) is 17.5 Å². The number of pyridine rings is 1. The van der Waals surface area contributed by atoms with Crippen LogP contribution in [0.25, 0.3) is 10.9 Å². The van der Waals surface area contributed by atoms with E-state index in [1.54, 1.807) is 24.4 Å². The first-order valence-electron chi connectivity index (χ1n) is 10.2. The van der Waals surface area contributed by atoms with E-state index in [0.29, 0.717) is 16.9 Å². The number of nitrogens with zero attached hydrogens (tertiary/aromatic N) is 3. The molecule has 2 heterocycles. The number of rotatable bonds is 2. The minimum absolute atomic E-state index is 0.136. The number of halogens is 6. The number of anilines is 1. The normalized spacial score (nSPS) is 17.5. The van der Waals surface area contributed by atoms with Gasteiger partial charge in [0.1, 0.15) is 5.84 Å². The third-order valence-electron chi connectivity index (χ3n) is 5.65. The van der Waals surface area contributed by atoms with Gasteiger partial charge >= 0.3 is 12.4 Å². The molecular formula is C24H21F6N3. The average molecular weight is 465 g/mol. The largest absolute Gasteiger partial charge is 0.416 e. The summed E-state index contributed by atoms with van der Waals surface area (Å²) < 4.78 is 80.9. The topological polar surface area (TPSA) is 28.5 Å². The van der Waals surface area contributed by atoms with Crippen molar-refractivity contribution in [2.45, 2.75) is 39.2 Å². The lowest BCUT2D eigenvalue weighted by Gasteiger charge is -2.27. The van der Waals surface area contributed by atoms with E-state index < -0.39 is 23.5 Å². The first-order valence-corrected chi connectivity index (χ1v) is 10.2. The Bertz CT molecular complexity index is 1180. The molecule has 1 aliphatic heterocycles. The van der Waals surface area contributed by atoms with Crippen LogP contribution >= 0.6 is 0 Å². The van der Waals surface area contributed by atoms with Crippen molar-refractivity contribution in [2.75, 3.05) is 11.4 Å². The van der Waals surface area contributed by atoms with Crippen LogP contribution in [0.5, 0.6) is 0 Å². The van der Waals surface area contributed by atoms with E-state index in [4.69, 9.17) is 4.99 Å². The van der Waals surface area contributed by atoms with Crippen LogP contribution < -0.4 is 4.90 Å². The number of hydrogen-bond acceptors (Lipinski definition) is 3. The smallest absolute Gasteiger partial charge is 0.324 e. The van der Waals surface area contributed by atoms with Gasteiger partial charge < -0.3 is 4.90 Å². The molecule has 0 aliphatic carbocycles. The van der Waals surface area contributed by atoms with Gasteiger partial charge in [-0.05, 0) is 35.7 Å². The first-order chi connectivity index (χ1) is 15.2. The highest BCUT2D eigenvalue weighted by molar-refractivity contribution is 6.17. The van der Waals surface area contributed by atoms with Gasteiger partial charge in [0.15, 0.2) is 0 Å². The van der Waals surface area contributed by atoms with Crippen LogP contribution in [-0.2, 0) is 12.4 Å². The van der Waals surface area contributed by atoms with E-state index in [-0.39, 0.29) is 29.8 Å². The van der Waals surface area contributed by atoms with Crippen LogP contribution in [0, 0.1) is 5.41 Å². The standard InChI is InChI=1S/C24H21F6N3/c1-22(2,3)19-13-33(17-11-15(23(25,26)27)10-16(12-17)24(28,29)30)21(32-19)18-8-4-6-14-7-5-9-31-20(14)18/h4-12,19H,13H2,1-3H3. The van der Waals surface area contributed by atoms with E-state index in [9.17, 15) is 26.3 Å². The molecule has 174 valence electrons. The van der Waals surface area contributed by atoms with Crippen molar-refractivity contribution in [3.05, 3.63) is 71.4 Å². The summed E-state index contributed by atoms with van der Waals surface area (Å²) >= 11 is 0. The predicted molar refractivity (Wildman–Crippen MR) is 115 cm³/mol. The molecule has 0 amide bonds. The zero-order valence-corrected chi connectivity index (χ0v) is 18.1. The summed E-state index contributed by atoms with van der Waals surface area (Å²) in [5.41, 5.74) is -2.18. The number of fused-ring (bicyclic) bond motifs is 1. The Balaban J connectivity index is 1.93. The summed E-state index contributed by atoms with van der Waals surface area (Å²) in [6.45, 7) is 5.92. The van der Waals surface area contributed by atoms with Crippen LogP contribution in [0.1, 0.15) is 37.5 Å². The molecule has 33 heavy (non-hydrogen) atoms. The van der Waals surface area contributed by atoms with Crippen molar-refractivity contribution < 1.29 is 26.3 Å². The number of benzene rings is 2. The van der Waals surface area contributed by atoms with Gasteiger partial charge in [0.05, 0.1) is 22.7 Å². The third-order valence-corrected chi connectivity index (χ3v) is 5.65. The van der Waals surface area contributed by atoms with Crippen LogP contribution in [0.4, 0.5) is 32.0 Å². The van der Waals surface area contributed by atoms with E-state index in [1.807, 2.05) is 32.9 Å². The van der Waals surface area contributed by atoms with Crippen molar-refractivity contribution in [1.29, 1.82) is 0 Å². The molecule has 0 saturated heterocycles. The number of amidine groups is 1. The van der Waals surface area contributed by atoms with Crippen LogP contribution in [-0.4, -0.2) is 23.4 Å². The van der Waals surface area contributed by atoms with Gasteiger partial charge in [0.2, 0.25) is 0 Å². The monoisotopic (exact) mass is 465 g/mol. The SMILES string of the molecule is CC(C)(C)C1CN(c2cc(C(F)(F)F)cc(C(F)(F)F)c2)C(c2cccc3cccnc23)=N1. The molecule has 1 atom stereocenters. The van der Waals surface area contributed by atoms with Gasteiger partial charge in [-0.1, -0.05) is 39.0 Å². The summed E-state index contributed by atoms with van der Waals surface area (Å²) in [7, 11) is 0. The van der Waals surface area contributed by atoms with Crippen LogP contribution in [0.3, 0.4) is 0 Å². The molecule has 2 aromatic carbocycles. The Kier molecular flexibility index (Phi) is 5.41. The lowest BCUT2D eigenvalue weighted by molar-refractivity contribution is -0.143. The molecule has 4 rings (SSSR count). The van der Waals surface area contributed by atoms with Gasteiger partial charge in [-0.25, -0.2) is 0 Å². The first kappa shape index (κ1) is 23.1. The highest BCUT2D eigenvalue weighted by Gasteiger charge is 2.40. The molecule has 1 unspecified atom stereocenters. The van der Waals surface area contributed by atoms with Gasteiger partial charge in [-0.2, -0.15) is 26.3 Å². The van der Waals surface area contributed by atoms with E-state index >= 15 is 0 Å². The highest BCUT2D eigenvalue weighted by Crippen LogP contribution is 2.40. The highest BCUT2D eigenvalue weighted by atomic mass is 19.4. The Labute approximate surface area is 186 Å². The number of para-hydroxylation sites is 1. The minimum atomic E-state index is -4.93. The Morgan fingerprint density at radius 1 is 0.848 bits per heavy atom. The van der Waals surface area contributed by atoms with Crippen molar-refractivity contribution in [3.63, 3.8) is 0 Å². The molecule has 1 aromatic heterocycles. The summed E-state index contributed by atoms with van der Waals surface area (Å²) in [4.78, 5) is 10.6. The van der Waals surface area contributed by atoms with Gasteiger partial charge in [-0.15, -0.1) is 0 Å². The van der Waals surface area contributed by atoms with Crippen molar-refractivity contribution in [2.24, 2.45) is 10.4 Å². The Morgan fingerprint density at radius 2 is 1.45 bits per heavy atom. The van der Waals surface area contributed by atoms with Crippen LogP contribution in [0.2, 0.25) is 0 Å². The molecule has 0 bridgehead atoms. The second-order valence-electron chi connectivity index (χ2n) is 9.09. The molecule has 0 radical (unpaired) electrons. The van der Waals surface area contributed by atoms with Crippen molar-refractivity contribution in [3.8, 4) is 0 Å². The maximum Gasteiger partial charge on any atom is 0.416 e. The zero-order chi connectivity index (χ0) is 24.2. The average Bonchev–Trinajstić information content (AvgIpc) is 3.17. The number of aliphatic imine (C=N–C) groups is 1. The minimum Gasteiger partial charge on any atom is -0.324 e. The van der Waals surface area contributed by atoms with E-state index in [2.05, 4.69) is 4.98 Å². The zero-order valence-electron chi connectivity index (χ0n) is 18.1. The number of hydrogen-bond donors (Lipinski definition) is 0. The fourth-order valence-corrected chi connectivity index (χ4v) is 3.81. The predicted octanol–water partition coefficient (Wildman–Crippen LogP) is 6.95. The molecule has 3 nitrogen and oxygen atoms in total. The third kappa shape index (κ3) is 4.54. The summed E-state index contributed by atoms with van der Waals surface area (Å²) in [6, 6.07) is 10.2. The van der Waals surface area contributed by atoms with E-state index in [1.165, 1.54) is 4.90 Å². The Hall–Kier alpha value is -3.10. The van der Waals surface area contributed by atoms with Gasteiger partial charge in [0.25, 0.3) is 0 Å². The molecule has 0 saturated carbocycles. The maximum absolute atomic E-state index is 13.5. The summed E-state index contributed by atoms with van der Waals surface area (Å²) in [5.74, 6) is 0.298. The summed E-state index contributed by atoms with van der Waals surface area (Å²) in [6.07, 6.45) is -8.28. The number of aromatic nitrogens is 1. The fourth-order valence-electron chi connectivity index (χ4n) is 3.81. The molecule has 9 heteroatoms. The summed E-state index contributed by atoms with van der Waals surface area (Å²) in [5, 5.41) is 0.789. The quantitative estimate of drug-likeness (QED) is 0.383. The van der Waals surface area contributed by atoms with Gasteiger partial charge in [0, 0.05) is 29.4 Å². The Morgan fingerprint density at radius 3 is 2.03 bits per heavy atom. The van der Waals surface area contributed by atoms with Crippen molar-refractivity contribution in [1.82, 2.24) is 4.98 Å². The lowest BCUT2D eigenvalue weighted by atomic mass is 9.87. The second-order valence-corrected chi connectivity index (χ2v) is 9.09. The molecule has 1 aliphatic rings. The van der Waals surface area contributed by atoms with Crippen molar-refractivity contribution >= 4 is 22.4 Å². The lowest BCUT2D eigenvalue weighted by Crippen LogP contribution is -2.34. The van der Waals surface area contributed by atoms with Crippen LogP contribution in [0.15, 0.2) is 59.7 Å². The fraction of sp³-hybridized carbons (Fsp3) is 0.333. The maximum atomic E-state index is 13.5. The molecule has 0 fully saturated rings. The van der Waals surface area contributed by atoms with Gasteiger partial charge in [-0.3, -0.25) is 9.98 Å². The molecule has 0 spiro atoms. The molecular weight excluding hydrogens is 444 g/mol. The molecule has 0 N–H and O–H groups in total. The molecule has 3 aromatic rings. The number of alkyl halides is 6.